The number of halogens is 1. The summed E-state index contributed by atoms with van der Waals surface area (Å²) in [7, 11) is -3.65. The minimum absolute atomic E-state index is 0.0287. The fraction of sp³-hybridized carbons (Fsp3) is 0.133. The average molecular weight is 325 g/mol. The zero-order valence-electron chi connectivity index (χ0n) is 11.2. The van der Waals surface area contributed by atoms with Crippen molar-refractivity contribution >= 4 is 27.4 Å². The number of hydrogen-bond acceptors (Lipinski definition) is 3. The van der Waals surface area contributed by atoms with Gasteiger partial charge in [0.2, 0.25) is 0 Å². The Labute approximate surface area is 127 Å². The molecule has 110 valence electrons. The maximum atomic E-state index is 12.4. The first-order chi connectivity index (χ1) is 9.79. The minimum atomic E-state index is -3.65. The van der Waals surface area contributed by atoms with Crippen LogP contribution in [0.2, 0.25) is 5.02 Å². The quantitative estimate of drug-likeness (QED) is 0.936. The molecule has 0 aliphatic carbocycles. The lowest BCUT2D eigenvalue weighted by Crippen LogP contribution is -2.07. The van der Waals surface area contributed by atoms with E-state index >= 15 is 0 Å². The Hall–Kier alpha value is -1.85. The van der Waals surface area contributed by atoms with Crippen LogP contribution in [0.4, 0.5) is 0 Å². The second-order valence-electron chi connectivity index (χ2n) is 4.69. The van der Waals surface area contributed by atoms with E-state index in [0.29, 0.717) is 10.6 Å². The first-order valence-electron chi connectivity index (χ1n) is 6.11. The van der Waals surface area contributed by atoms with E-state index in [1.807, 2.05) is 6.92 Å². The SMILES string of the molecule is Cc1ccc(CS(=O)(=O)c2cccc(C(=O)O)c2)c(Cl)c1. The second kappa shape index (κ2) is 5.87. The molecule has 2 rings (SSSR count). The monoisotopic (exact) mass is 324 g/mol. The molecule has 0 bridgehead atoms. The normalized spacial score (nSPS) is 11.3. The highest BCUT2D eigenvalue weighted by Crippen LogP contribution is 2.23. The number of rotatable bonds is 4. The predicted octanol–water partition coefficient (Wildman–Crippen LogP) is 3.32. The van der Waals surface area contributed by atoms with Gasteiger partial charge in [-0.05, 0) is 42.3 Å². The number of carboxylic acid groups (broad SMARTS) is 1. The molecule has 0 unspecified atom stereocenters. The van der Waals surface area contributed by atoms with E-state index in [9.17, 15) is 13.2 Å². The molecule has 4 nitrogen and oxygen atoms in total. The summed E-state index contributed by atoms with van der Waals surface area (Å²) in [5.74, 6) is -1.43. The van der Waals surface area contributed by atoms with E-state index in [2.05, 4.69) is 0 Å². The van der Waals surface area contributed by atoms with Gasteiger partial charge in [-0.15, -0.1) is 0 Å². The molecule has 0 spiro atoms. The van der Waals surface area contributed by atoms with E-state index in [0.717, 1.165) is 11.6 Å². The van der Waals surface area contributed by atoms with Crippen LogP contribution in [-0.4, -0.2) is 19.5 Å². The Morgan fingerprint density at radius 1 is 1.19 bits per heavy atom. The van der Waals surface area contributed by atoms with Crippen LogP contribution >= 0.6 is 11.6 Å². The third kappa shape index (κ3) is 3.62. The van der Waals surface area contributed by atoms with E-state index < -0.39 is 15.8 Å². The molecular formula is C15H13ClO4S. The fourth-order valence-electron chi connectivity index (χ4n) is 1.88. The van der Waals surface area contributed by atoms with Gasteiger partial charge in [-0.25, -0.2) is 13.2 Å². The number of hydrogen-bond donors (Lipinski definition) is 1. The summed E-state index contributed by atoms with van der Waals surface area (Å²) in [5.41, 5.74) is 1.36. The zero-order valence-corrected chi connectivity index (χ0v) is 12.8. The van der Waals surface area contributed by atoms with Gasteiger partial charge in [0.15, 0.2) is 9.84 Å². The number of aromatic carboxylic acids is 1. The fourth-order valence-corrected chi connectivity index (χ4v) is 3.68. The smallest absolute Gasteiger partial charge is 0.335 e. The number of carboxylic acids is 1. The Morgan fingerprint density at radius 2 is 1.90 bits per heavy atom. The average Bonchev–Trinajstić information content (AvgIpc) is 2.42. The van der Waals surface area contributed by atoms with Crippen molar-refractivity contribution in [2.45, 2.75) is 17.6 Å². The Bertz CT molecular complexity index is 797. The Balaban J connectivity index is 2.38. The van der Waals surface area contributed by atoms with Crippen LogP contribution < -0.4 is 0 Å². The molecule has 0 atom stereocenters. The lowest BCUT2D eigenvalue weighted by Gasteiger charge is -2.08. The lowest BCUT2D eigenvalue weighted by atomic mass is 10.2. The van der Waals surface area contributed by atoms with Crippen molar-refractivity contribution in [3.05, 3.63) is 64.2 Å². The molecule has 0 aromatic heterocycles. The van der Waals surface area contributed by atoms with Gasteiger partial charge in [-0.1, -0.05) is 29.8 Å². The summed E-state index contributed by atoms with van der Waals surface area (Å²) in [6.07, 6.45) is 0. The summed E-state index contributed by atoms with van der Waals surface area (Å²) >= 11 is 6.05. The Kier molecular flexibility index (Phi) is 4.34. The van der Waals surface area contributed by atoms with Crippen molar-refractivity contribution in [2.24, 2.45) is 0 Å². The number of sulfone groups is 1. The molecule has 2 aromatic carbocycles. The van der Waals surface area contributed by atoms with Crippen molar-refractivity contribution in [2.75, 3.05) is 0 Å². The number of carbonyl (C=O) groups is 1. The molecule has 0 amide bonds. The van der Waals surface area contributed by atoms with E-state index in [4.69, 9.17) is 16.7 Å². The molecular weight excluding hydrogens is 312 g/mol. The van der Waals surface area contributed by atoms with Gasteiger partial charge in [0, 0.05) is 5.02 Å². The van der Waals surface area contributed by atoms with E-state index in [1.165, 1.54) is 18.2 Å². The van der Waals surface area contributed by atoms with Gasteiger partial charge in [0.05, 0.1) is 16.2 Å². The van der Waals surface area contributed by atoms with Crippen LogP contribution in [0.1, 0.15) is 21.5 Å². The molecule has 0 saturated carbocycles. The van der Waals surface area contributed by atoms with Gasteiger partial charge >= 0.3 is 5.97 Å². The van der Waals surface area contributed by atoms with Gasteiger partial charge < -0.3 is 5.11 Å². The van der Waals surface area contributed by atoms with E-state index in [-0.39, 0.29) is 16.2 Å². The number of benzene rings is 2. The summed E-state index contributed by atoms with van der Waals surface area (Å²) in [6, 6.07) is 10.4. The molecule has 0 fully saturated rings. The largest absolute Gasteiger partial charge is 0.478 e. The molecule has 0 aliphatic heterocycles. The minimum Gasteiger partial charge on any atom is -0.478 e. The maximum absolute atomic E-state index is 12.4. The van der Waals surface area contributed by atoms with Crippen molar-refractivity contribution < 1.29 is 18.3 Å². The van der Waals surface area contributed by atoms with Crippen molar-refractivity contribution in [1.82, 2.24) is 0 Å². The summed E-state index contributed by atoms with van der Waals surface area (Å²) in [5, 5.41) is 9.31. The molecule has 6 heteroatoms. The van der Waals surface area contributed by atoms with Crippen LogP contribution in [0, 0.1) is 6.92 Å². The van der Waals surface area contributed by atoms with Crippen LogP contribution in [0.15, 0.2) is 47.4 Å². The highest BCUT2D eigenvalue weighted by molar-refractivity contribution is 7.90. The first-order valence-corrected chi connectivity index (χ1v) is 8.14. The predicted molar refractivity (Wildman–Crippen MR) is 80.5 cm³/mol. The highest BCUT2D eigenvalue weighted by Gasteiger charge is 2.18. The van der Waals surface area contributed by atoms with Gasteiger partial charge in [0.1, 0.15) is 0 Å². The van der Waals surface area contributed by atoms with Crippen molar-refractivity contribution in [3.63, 3.8) is 0 Å². The van der Waals surface area contributed by atoms with Gasteiger partial charge in [0.25, 0.3) is 0 Å². The standard InChI is InChI=1S/C15H13ClO4S/c1-10-5-6-12(14(16)7-10)9-21(19,20)13-4-2-3-11(8-13)15(17)18/h2-8H,9H2,1H3,(H,17,18). The maximum Gasteiger partial charge on any atom is 0.335 e. The first kappa shape index (κ1) is 15.5. The van der Waals surface area contributed by atoms with Crippen LogP contribution in [-0.2, 0) is 15.6 Å². The van der Waals surface area contributed by atoms with Crippen molar-refractivity contribution in [3.8, 4) is 0 Å². The lowest BCUT2D eigenvalue weighted by molar-refractivity contribution is 0.0696. The molecule has 2 aromatic rings. The van der Waals surface area contributed by atoms with Crippen LogP contribution in [0.5, 0.6) is 0 Å². The third-order valence-electron chi connectivity index (χ3n) is 2.99. The van der Waals surface area contributed by atoms with Crippen LogP contribution in [0.25, 0.3) is 0 Å². The van der Waals surface area contributed by atoms with Gasteiger partial charge in [-0.3, -0.25) is 0 Å². The molecule has 1 N–H and O–H groups in total. The summed E-state index contributed by atoms with van der Waals surface area (Å²) in [6.45, 7) is 1.86. The van der Waals surface area contributed by atoms with E-state index in [1.54, 1.807) is 18.2 Å². The topological polar surface area (TPSA) is 71.4 Å². The highest BCUT2D eigenvalue weighted by atomic mass is 35.5. The summed E-state index contributed by atoms with van der Waals surface area (Å²) < 4.78 is 24.7. The second-order valence-corrected chi connectivity index (χ2v) is 7.08. The third-order valence-corrected chi connectivity index (χ3v) is 5.01. The molecule has 0 saturated heterocycles. The molecule has 0 aliphatic rings. The molecule has 0 heterocycles. The molecule has 0 radical (unpaired) electrons. The zero-order chi connectivity index (χ0) is 15.6. The van der Waals surface area contributed by atoms with Gasteiger partial charge in [-0.2, -0.15) is 0 Å². The van der Waals surface area contributed by atoms with Crippen molar-refractivity contribution in [1.29, 1.82) is 0 Å². The molecule has 21 heavy (non-hydrogen) atoms. The Morgan fingerprint density at radius 3 is 2.52 bits per heavy atom. The number of aryl methyl sites for hydroxylation is 1. The van der Waals surface area contributed by atoms with Crippen LogP contribution in [0.3, 0.4) is 0 Å². The summed E-state index contributed by atoms with van der Waals surface area (Å²) in [4.78, 5) is 10.9.